The van der Waals surface area contributed by atoms with Gasteiger partial charge in [0.25, 0.3) is 0 Å². The van der Waals surface area contributed by atoms with E-state index in [0.717, 1.165) is 43.5 Å². The Morgan fingerprint density at radius 3 is 2.93 bits per heavy atom. The van der Waals surface area contributed by atoms with Crippen molar-refractivity contribution in [2.24, 2.45) is 4.99 Å². The highest BCUT2D eigenvalue weighted by atomic mass is 16.5. The predicted molar refractivity (Wildman–Crippen MR) is 115 cm³/mol. The summed E-state index contributed by atoms with van der Waals surface area (Å²) in [5, 5.41) is 14.0. The Kier molecular flexibility index (Phi) is 6.05. The number of aryl methyl sites for hydroxylation is 1. The van der Waals surface area contributed by atoms with Crippen LogP contribution < -0.4 is 10.6 Å². The van der Waals surface area contributed by atoms with E-state index in [1.165, 1.54) is 16.3 Å². The molecule has 0 spiro atoms. The zero-order valence-electron chi connectivity index (χ0n) is 17.1. The molecule has 0 radical (unpaired) electrons. The molecule has 152 valence electrons. The highest BCUT2D eigenvalue weighted by molar-refractivity contribution is 5.83. The summed E-state index contributed by atoms with van der Waals surface area (Å²) in [6.07, 6.45) is 1.91. The minimum absolute atomic E-state index is 0.272. The summed E-state index contributed by atoms with van der Waals surface area (Å²) in [5.74, 6) is 2.62. The van der Waals surface area contributed by atoms with Crippen LogP contribution in [0, 0.1) is 0 Å². The first-order chi connectivity index (χ1) is 14.2. The van der Waals surface area contributed by atoms with Gasteiger partial charge in [0.1, 0.15) is 12.4 Å². The van der Waals surface area contributed by atoms with Crippen LogP contribution in [0.15, 0.2) is 47.5 Å². The van der Waals surface area contributed by atoms with E-state index in [1.807, 2.05) is 4.68 Å². The molecule has 2 heterocycles. The van der Waals surface area contributed by atoms with Crippen molar-refractivity contribution in [3.8, 4) is 0 Å². The molecule has 1 atom stereocenters. The SMILES string of the molecule is CCNC(=NCc1ccc2ccccc2c1)NC1CCc2nc(COC)nn2C1. The largest absolute Gasteiger partial charge is 0.377 e. The zero-order valence-corrected chi connectivity index (χ0v) is 17.1. The number of fused-ring (bicyclic) bond motifs is 2. The van der Waals surface area contributed by atoms with Crippen LogP contribution in [0.25, 0.3) is 10.8 Å². The van der Waals surface area contributed by atoms with E-state index < -0.39 is 0 Å². The molecule has 0 fully saturated rings. The van der Waals surface area contributed by atoms with Crippen LogP contribution in [-0.2, 0) is 30.9 Å². The highest BCUT2D eigenvalue weighted by Gasteiger charge is 2.22. The average Bonchev–Trinajstić information content (AvgIpc) is 3.14. The van der Waals surface area contributed by atoms with E-state index >= 15 is 0 Å². The van der Waals surface area contributed by atoms with Crippen molar-refractivity contribution in [3.63, 3.8) is 0 Å². The Balaban J connectivity index is 1.42. The lowest BCUT2D eigenvalue weighted by Gasteiger charge is -2.25. The third-order valence-corrected chi connectivity index (χ3v) is 5.09. The number of nitrogens with zero attached hydrogens (tertiary/aromatic N) is 4. The van der Waals surface area contributed by atoms with Gasteiger partial charge in [-0.3, -0.25) is 0 Å². The molecule has 3 aromatic rings. The standard InChI is InChI=1S/C22H28N6O/c1-3-23-22(24-13-16-8-9-17-6-4-5-7-18(17)12-16)25-19-10-11-21-26-20(15-29-2)27-28(21)14-19/h4-9,12,19H,3,10-11,13-15H2,1-2H3,(H2,23,24,25). The average molecular weight is 393 g/mol. The number of aromatic nitrogens is 3. The maximum Gasteiger partial charge on any atom is 0.191 e. The van der Waals surface area contributed by atoms with E-state index in [4.69, 9.17) is 9.73 Å². The smallest absolute Gasteiger partial charge is 0.191 e. The van der Waals surface area contributed by atoms with Gasteiger partial charge >= 0.3 is 0 Å². The quantitative estimate of drug-likeness (QED) is 0.498. The van der Waals surface area contributed by atoms with Crippen molar-refractivity contribution < 1.29 is 4.74 Å². The number of methoxy groups -OCH3 is 1. The summed E-state index contributed by atoms with van der Waals surface area (Å²) in [6.45, 7) is 4.78. The number of hydrogen-bond donors (Lipinski definition) is 2. The molecule has 2 N–H and O–H groups in total. The van der Waals surface area contributed by atoms with Gasteiger partial charge in [-0.15, -0.1) is 0 Å². The molecule has 29 heavy (non-hydrogen) atoms. The minimum Gasteiger partial charge on any atom is -0.377 e. The van der Waals surface area contributed by atoms with Crippen LogP contribution in [-0.4, -0.2) is 40.4 Å². The van der Waals surface area contributed by atoms with Crippen molar-refractivity contribution >= 4 is 16.7 Å². The summed E-state index contributed by atoms with van der Waals surface area (Å²) < 4.78 is 7.14. The number of hydrogen-bond acceptors (Lipinski definition) is 4. The van der Waals surface area contributed by atoms with Crippen LogP contribution in [0.5, 0.6) is 0 Å². The molecule has 0 saturated carbocycles. The molecular formula is C22H28N6O. The summed E-state index contributed by atoms with van der Waals surface area (Å²) >= 11 is 0. The molecule has 7 heteroatoms. The van der Waals surface area contributed by atoms with Gasteiger partial charge in [0, 0.05) is 26.1 Å². The van der Waals surface area contributed by atoms with Gasteiger partial charge < -0.3 is 15.4 Å². The van der Waals surface area contributed by atoms with Crippen molar-refractivity contribution in [2.75, 3.05) is 13.7 Å². The number of rotatable bonds is 6. The maximum atomic E-state index is 5.15. The summed E-state index contributed by atoms with van der Waals surface area (Å²) in [6, 6.07) is 15.2. The molecule has 1 aromatic heterocycles. The van der Waals surface area contributed by atoms with E-state index in [0.29, 0.717) is 13.2 Å². The third-order valence-electron chi connectivity index (χ3n) is 5.09. The maximum absolute atomic E-state index is 5.15. The van der Waals surface area contributed by atoms with E-state index in [1.54, 1.807) is 7.11 Å². The molecule has 0 amide bonds. The molecule has 2 aromatic carbocycles. The van der Waals surface area contributed by atoms with Crippen molar-refractivity contribution in [2.45, 2.75) is 45.5 Å². The molecule has 1 aliphatic rings. The first kappa shape index (κ1) is 19.4. The van der Waals surface area contributed by atoms with Gasteiger partial charge in [-0.25, -0.2) is 14.7 Å². The van der Waals surface area contributed by atoms with Gasteiger partial charge in [0.05, 0.1) is 13.1 Å². The fourth-order valence-electron chi connectivity index (χ4n) is 3.69. The van der Waals surface area contributed by atoms with Crippen LogP contribution in [0.2, 0.25) is 0 Å². The normalized spacial score (nSPS) is 16.6. The molecule has 0 bridgehead atoms. The Morgan fingerprint density at radius 1 is 1.24 bits per heavy atom. The number of aliphatic imine (C=N–C) groups is 1. The van der Waals surface area contributed by atoms with E-state index in [9.17, 15) is 0 Å². The Bertz CT molecular complexity index is 996. The molecule has 1 unspecified atom stereocenters. The lowest BCUT2D eigenvalue weighted by molar-refractivity contribution is 0.177. The lowest BCUT2D eigenvalue weighted by atomic mass is 10.1. The first-order valence-electron chi connectivity index (χ1n) is 10.2. The second kappa shape index (κ2) is 9.05. The Labute approximate surface area is 171 Å². The molecule has 0 saturated heterocycles. The van der Waals surface area contributed by atoms with Crippen LogP contribution in [0.3, 0.4) is 0 Å². The Morgan fingerprint density at radius 2 is 2.10 bits per heavy atom. The van der Waals surface area contributed by atoms with E-state index in [2.05, 4.69) is 70.1 Å². The fraction of sp³-hybridized carbons (Fsp3) is 0.409. The van der Waals surface area contributed by atoms with Crippen molar-refractivity contribution in [1.29, 1.82) is 0 Å². The second-order valence-corrected chi connectivity index (χ2v) is 7.32. The molecule has 0 aliphatic carbocycles. The summed E-state index contributed by atoms with van der Waals surface area (Å²) in [7, 11) is 1.67. The van der Waals surface area contributed by atoms with Gasteiger partial charge in [-0.05, 0) is 35.7 Å². The van der Waals surface area contributed by atoms with Crippen molar-refractivity contribution in [3.05, 3.63) is 59.7 Å². The van der Waals surface area contributed by atoms with E-state index in [-0.39, 0.29) is 6.04 Å². The molecule has 4 rings (SSSR count). The summed E-state index contributed by atoms with van der Waals surface area (Å²) in [5.41, 5.74) is 1.20. The molecule has 7 nitrogen and oxygen atoms in total. The Hall–Kier alpha value is -2.93. The number of nitrogens with one attached hydrogen (secondary N) is 2. The monoisotopic (exact) mass is 392 g/mol. The van der Waals surface area contributed by atoms with Gasteiger partial charge in [-0.1, -0.05) is 36.4 Å². The highest BCUT2D eigenvalue weighted by Crippen LogP contribution is 2.16. The van der Waals surface area contributed by atoms with Gasteiger partial charge in [0.2, 0.25) is 0 Å². The van der Waals surface area contributed by atoms with Crippen molar-refractivity contribution in [1.82, 2.24) is 25.4 Å². The first-order valence-corrected chi connectivity index (χ1v) is 10.2. The molecular weight excluding hydrogens is 364 g/mol. The van der Waals surface area contributed by atoms with Crippen LogP contribution in [0.1, 0.15) is 30.6 Å². The van der Waals surface area contributed by atoms with Gasteiger partial charge in [0.15, 0.2) is 11.8 Å². The number of ether oxygens (including phenoxy) is 1. The number of benzene rings is 2. The second-order valence-electron chi connectivity index (χ2n) is 7.32. The fourth-order valence-corrected chi connectivity index (χ4v) is 3.69. The third kappa shape index (κ3) is 4.74. The van der Waals surface area contributed by atoms with Crippen LogP contribution in [0.4, 0.5) is 0 Å². The number of guanidine groups is 1. The topological polar surface area (TPSA) is 76.4 Å². The van der Waals surface area contributed by atoms with Gasteiger partial charge in [-0.2, -0.15) is 5.10 Å². The molecule has 1 aliphatic heterocycles. The minimum atomic E-state index is 0.272. The lowest BCUT2D eigenvalue weighted by Crippen LogP contribution is -2.47. The predicted octanol–water partition coefficient (Wildman–Crippen LogP) is 2.65. The zero-order chi connectivity index (χ0) is 20.1. The van der Waals surface area contributed by atoms with Crippen LogP contribution >= 0.6 is 0 Å². The summed E-state index contributed by atoms with van der Waals surface area (Å²) in [4.78, 5) is 9.35.